The van der Waals surface area contributed by atoms with Gasteiger partial charge >= 0.3 is 0 Å². The van der Waals surface area contributed by atoms with Crippen molar-refractivity contribution in [1.29, 1.82) is 0 Å². The number of hydrogen-bond donors (Lipinski definition) is 0. The molecule has 2 atom stereocenters. The number of nitrogens with zero attached hydrogens (tertiary/aromatic N) is 2. The normalized spacial score (nSPS) is 26.5. The average molecular weight is 309 g/mol. The number of benzene rings is 1. The Morgan fingerprint density at radius 3 is 3.00 bits per heavy atom. The number of hydrogen-bond acceptors (Lipinski definition) is 3. The van der Waals surface area contributed by atoms with Crippen LogP contribution in [-0.2, 0) is 16.0 Å². The van der Waals surface area contributed by atoms with Crippen molar-refractivity contribution in [2.45, 2.75) is 12.5 Å². The van der Waals surface area contributed by atoms with E-state index in [1.165, 1.54) is 0 Å². The molecule has 2 bridgehead atoms. The van der Waals surface area contributed by atoms with Crippen molar-refractivity contribution in [3.05, 3.63) is 34.9 Å². The van der Waals surface area contributed by atoms with E-state index in [-0.39, 0.29) is 5.91 Å². The van der Waals surface area contributed by atoms with Crippen molar-refractivity contribution in [1.82, 2.24) is 9.80 Å². The van der Waals surface area contributed by atoms with Gasteiger partial charge in [-0.25, -0.2) is 0 Å². The summed E-state index contributed by atoms with van der Waals surface area (Å²) >= 11 is 5.99. The van der Waals surface area contributed by atoms with Gasteiger partial charge in [-0.2, -0.15) is 0 Å². The zero-order valence-electron chi connectivity index (χ0n) is 12.3. The molecule has 0 unspecified atom stereocenters. The maximum Gasteiger partial charge on any atom is 0.227 e. The molecule has 2 aliphatic heterocycles. The number of rotatable bonds is 2. The van der Waals surface area contributed by atoms with Crippen LogP contribution in [0.3, 0.4) is 0 Å². The minimum absolute atomic E-state index is 0.185. The number of ether oxygens (including phenoxy) is 1. The van der Waals surface area contributed by atoms with Crippen LogP contribution in [0.4, 0.5) is 0 Å². The van der Waals surface area contributed by atoms with Gasteiger partial charge in [-0.15, -0.1) is 0 Å². The fourth-order valence-corrected chi connectivity index (χ4v) is 3.40. The highest BCUT2D eigenvalue weighted by Gasteiger charge is 2.33. The second kappa shape index (κ2) is 6.34. The van der Waals surface area contributed by atoms with Crippen LogP contribution < -0.4 is 0 Å². The molecule has 21 heavy (non-hydrogen) atoms. The smallest absolute Gasteiger partial charge is 0.227 e. The predicted octanol–water partition coefficient (Wildman–Crippen LogP) is 1.67. The van der Waals surface area contributed by atoms with Crippen LogP contribution in [0, 0.1) is 5.92 Å². The molecule has 114 valence electrons. The Hall–Kier alpha value is -1.10. The third-order valence-electron chi connectivity index (χ3n) is 4.34. The quantitative estimate of drug-likeness (QED) is 0.833. The molecule has 0 saturated carbocycles. The van der Waals surface area contributed by atoms with Gasteiger partial charge in [0.15, 0.2) is 0 Å². The lowest BCUT2D eigenvalue weighted by atomic mass is 10.1. The Bertz CT molecular complexity index is 523. The van der Waals surface area contributed by atoms with Crippen LogP contribution in [0.5, 0.6) is 0 Å². The molecular weight excluding hydrogens is 288 g/mol. The molecule has 1 aromatic carbocycles. The van der Waals surface area contributed by atoms with Gasteiger partial charge in [-0.3, -0.25) is 9.69 Å². The molecule has 2 heterocycles. The van der Waals surface area contributed by atoms with Crippen molar-refractivity contribution in [3.63, 3.8) is 0 Å². The van der Waals surface area contributed by atoms with E-state index >= 15 is 0 Å². The maximum atomic E-state index is 12.6. The number of halogens is 1. The predicted molar refractivity (Wildman–Crippen MR) is 82.5 cm³/mol. The molecule has 0 spiro atoms. The number of carbonyl (C=O) groups excluding carboxylic acids is 1. The number of fused-ring (bicyclic) bond motifs is 3. The second-order valence-electron chi connectivity index (χ2n) is 6.10. The van der Waals surface area contributed by atoms with Crippen LogP contribution >= 0.6 is 11.6 Å². The van der Waals surface area contributed by atoms with Gasteiger partial charge in [0.05, 0.1) is 25.7 Å². The van der Waals surface area contributed by atoms with E-state index in [1.54, 1.807) is 0 Å². The van der Waals surface area contributed by atoms with E-state index in [4.69, 9.17) is 16.3 Å². The van der Waals surface area contributed by atoms with Crippen LogP contribution in [0.15, 0.2) is 24.3 Å². The Kier molecular flexibility index (Phi) is 4.48. The molecule has 0 N–H and O–H groups in total. The Morgan fingerprint density at radius 2 is 2.19 bits per heavy atom. The van der Waals surface area contributed by atoms with Crippen LogP contribution in [-0.4, -0.2) is 61.6 Å². The lowest BCUT2D eigenvalue weighted by molar-refractivity contribution is -0.132. The third kappa shape index (κ3) is 3.57. The molecule has 0 radical (unpaired) electrons. The SMILES string of the molecule is CN1C[C@H]2COC[C@@H]1CN(C(=O)Cc1cccc(Cl)c1)C2. The van der Waals surface area contributed by atoms with Gasteiger partial charge in [0.1, 0.15) is 0 Å². The highest BCUT2D eigenvalue weighted by atomic mass is 35.5. The standard InChI is InChI=1S/C16H21ClN2O2/c1-18-7-13-8-19(9-15(18)11-21-10-13)16(20)6-12-3-2-4-14(17)5-12/h2-5,13,15H,6-11H2,1H3/t13-,15+/m1/s1. The number of likely N-dealkylation sites (N-methyl/N-ethyl adjacent to an activating group) is 1. The molecule has 2 aliphatic rings. The van der Waals surface area contributed by atoms with Crippen LogP contribution in [0.2, 0.25) is 5.02 Å². The molecule has 0 aromatic heterocycles. The van der Waals surface area contributed by atoms with E-state index < -0.39 is 0 Å². The molecule has 3 rings (SSSR count). The van der Waals surface area contributed by atoms with Gasteiger partial charge in [0.2, 0.25) is 5.91 Å². The highest BCUT2D eigenvalue weighted by molar-refractivity contribution is 6.30. The van der Waals surface area contributed by atoms with E-state index in [0.717, 1.165) is 31.8 Å². The monoisotopic (exact) mass is 308 g/mol. The number of carbonyl (C=O) groups is 1. The molecule has 1 amide bonds. The average Bonchev–Trinajstić information content (AvgIpc) is 2.67. The lowest BCUT2D eigenvalue weighted by Crippen LogP contribution is -2.45. The molecule has 4 nitrogen and oxygen atoms in total. The summed E-state index contributed by atoms with van der Waals surface area (Å²) < 4.78 is 5.70. The molecule has 0 aliphatic carbocycles. The molecule has 2 fully saturated rings. The van der Waals surface area contributed by atoms with Crippen molar-refractivity contribution >= 4 is 17.5 Å². The van der Waals surface area contributed by atoms with Gasteiger partial charge in [0, 0.05) is 30.6 Å². The fourth-order valence-electron chi connectivity index (χ4n) is 3.19. The van der Waals surface area contributed by atoms with Crippen LogP contribution in [0.1, 0.15) is 5.56 Å². The summed E-state index contributed by atoms with van der Waals surface area (Å²) in [5.41, 5.74) is 0.978. The first-order valence-corrected chi connectivity index (χ1v) is 7.80. The van der Waals surface area contributed by atoms with Crippen molar-refractivity contribution in [2.24, 2.45) is 5.92 Å². The first-order chi connectivity index (χ1) is 10.1. The van der Waals surface area contributed by atoms with Crippen LogP contribution in [0.25, 0.3) is 0 Å². The van der Waals surface area contributed by atoms with E-state index in [9.17, 15) is 4.79 Å². The zero-order chi connectivity index (χ0) is 14.8. The van der Waals surface area contributed by atoms with Crippen molar-refractivity contribution < 1.29 is 9.53 Å². The second-order valence-corrected chi connectivity index (χ2v) is 6.54. The highest BCUT2D eigenvalue weighted by Crippen LogP contribution is 2.19. The molecule has 5 heteroatoms. The topological polar surface area (TPSA) is 32.8 Å². The first-order valence-electron chi connectivity index (χ1n) is 7.42. The summed E-state index contributed by atoms with van der Waals surface area (Å²) in [5.74, 6) is 0.593. The van der Waals surface area contributed by atoms with Gasteiger partial charge in [-0.05, 0) is 24.7 Å². The summed E-state index contributed by atoms with van der Waals surface area (Å²) in [6, 6.07) is 7.85. The van der Waals surface area contributed by atoms with Crippen molar-refractivity contribution in [3.8, 4) is 0 Å². The summed E-state index contributed by atoms with van der Waals surface area (Å²) in [6.07, 6.45) is 0.421. The Labute approximate surface area is 130 Å². The summed E-state index contributed by atoms with van der Waals surface area (Å²) in [4.78, 5) is 16.9. The minimum atomic E-state index is 0.185. The number of amides is 1. The molecule has 2 saturated heterocycles. The largest absolute Gasteiger partial charge is 0.379 e. The van der Waals surface area contributed by atoms with Gasteiger partial charge in [0.25, 0.3) is 0 Å². The summed E-state index contributed by atoms with van der Waals surface area (Å²) in [7, 11) is 2.12. The lowest BCUT2D eigenvalue weighted by Gasteiger charge is -2.29. The fraction of sp³-hybridized carbons (Fsp3) is 0.562. The summed E-state index contributed by atoms with van der Waals surface area (Å²) in [5, 5.41) is 0.682. The van der Waals surface area contributed by atoms with E-state index in [2.05, 4.69) is 11.9 Å². The molecular formula is C16H21ClN2O2. The Balaban J connectivity index is 1.70. The molecule has 1 aromatic rings. The maximum absolute atomic E-state index is 12.6. The van der Waals surface area contributed by atoms with Gasteiger partial charge < -0.3 is 9.64 Å². The van der Waals surface area contributed by atoms with E-state index in [1.807, 2.05) is 29.2 Å². The first kappa shape index (κ1) is 14.8. The third-order valence-corrected chi connectivity index (χ3v) is 4.58. The van der Waals surface area contributed by atoms with Crippen molar-refractivity contribution in [2.75, 3.05) is 39.9 Å². The minimum Gasteiger partial charge on any atom is -0.379 e. The van der Waals surface area contributed by atoms with E-state index in [0.29, 0.717) is 30.0 Å². The van der Waals surface area contributed by atoms with Gasteiger partial charge in [-0.1, -0.05) is 23.7 Å². The Morgan fingerprint density at radius 1 is 1.33 bits per heavy atom. The zero-order valence-corrected chi connectivity index (χ0v) is 13.1. The summed E-state index contributed by atoms with van der Waals surface area (Å²) in [6.45, 7) is 4.02.